The van der Waals surface area contributed by atoms with Crippen LogP contribution in [0, 0.1) is 0 Å². The van der Waals surface area contributed by atoms with Crippen LogP contribution in [0.2, 0.25) is 0 Å². The van der Waals surface area contributed by atoms with Crippen LogP contribution >= 0.6 is 0 Å². The van der Waals surface area contributed by atoms with Crippen molar-refractivity contribution in [1.29, 1.82) is 0 Å². The van der Waals surface area contributed by atoms with Crippen LogP contribution < -0.4 is 0 Å². The molecule has 0 bridgehead atoms. The molecule has 0 saturated carbocycles. The van der Waals surface area contributed by atoms with E-state index < -0.39 is 0 Å². The van der Waals surface area contributed by atoms with Crippen molar-refractivity contribution in [2.45, 2.75) is 38.5 Å². The number of rotatable bonds is 0. The van der Waals surface area contributed by atoms with Crippen LogP contribution in [0.25, 0.3) is 10.6 Å². The van der Waals surface area contributed by atoms with Crippen LogP contribution in [0.5, 0.6) is 0 Å². The number of halogens is 2. The zero-order valence-electron chi connectivity index (χ0n) is 9.28. The summed E-state index contributed by atoms with van der Waals surface area (Å²) < 4.78 is 0. The minimum atomic E-state index is 0. The second kappa shape index (κ2) is 17.1. The molecule has 0 unspecified atom stereocenters. The first-order valence-corrected chi connectivity index (χ1v) is 5.26. The molecule has 2 nitrogen and oxygen atoms in total. The molecule has 0 radical (unpaired) electrons. The predicted molar refractivity (Wildman–Crippen MR) is 58.9 cm³/mol. The Morgan fingerprint density at radius 2 is 0.733 bits per heavy atom. The molecule has 2 rings (SSSR count). The van der Waals surface area contributed by atoms with Gasteiger partial charge in [-0.2, -0.15) is 0 Å². The van der Waals surface area contributed by atoms with Gasteiger partial charge in [0.25, 0.3) is 0 Å². The summed E-state index contributed by atoms with van der Waals surface area (Å²) >= 11 is 0. The van der Waals surface area contributed by atoms with Crippen LogP contribution in [0.4, 0.5) is 9.41 Å². The second-order valence-corrected chi connectivity index (χ2v) is 3.46. The Hall–Kier alpha value is 0.650. The van der Waals surface area contributed by atoms with Gasteiger partial charge in [-0.1, -0.05) is 38.5 Å². The van der Waals surface area contributed by atoms with Gasteiger partial charge in [0, 0.05) is 25.8 Å². The van der Waals surface area contributed by atoms with E-state index >= 15 is 0 Å². The van der Waals surface area contributed by atoms with Crippen molar-refractivity contribution < 1.29 is 35.3 Å². The first-order chi connectivity index (χ1) is 6.00. The molecule has 0 aromatic carbocycles. The quantitative estimate of drug-likeness (QED) is 0.571. The number of hydrogen-bond donors (Lipinski definition) is 0. The molecule has 2 fully saturated rings. The van der Waals surface area contributed by atoms with Crippen molar-refractivity contribution in [2.75, 3.05) is 26.2 Å². The van der Waals surface area contributed by atoms with Crippen LogP contribution in [-0.4, -0.2) is 26.2 Å². The second-order valence-electron chi connectivity index (χ2n) is 3.46. The third kappa shape index (κ3) is 14.7. The SMILES string of the molecule is C1CC[N-]CC1.C1CC[N-]CC1.F.F.[Hf]. The third-order valence-electron chi connectivity index (χ3n) is 2.26. The zero-order valence-corrected chi connectivity index (χ0v) is 12.9. The summed E-state index contributed by atoms with van der Waals surface area (Å²) in [4.78, 5) is 0. The molecular weight excluding hydrogens is 365 g/mol. The van der Waals surface area contributed by atoms with Gasteiger partial charge in [-0.25, -0.2) is 0 Å². The fraction of sp³-hybridized carbons (Fsp3) is 1.00. The summed E-state index contributed by atoms with van der Waals surface area (Å²) in [5, 5.41) is 8.35. The summed E-state index contributed by atoms with van der Waals surface area (Å²) in [6, 6.07) is 0. The zero-order chi connectivity index (χ0) is 8.49. The standard InChI is InChI=1S/2C5H10N.2FH.Hf/c2*1-2-4-6-5-3-1;;;/h2*1-5H2;2*1H;/q2*-1;;;. The van der Waals surface area contributed by atoms with Crippen molar-refractivity contribution in [1.82, 2.24) is 0 Å². The van der Waals surface area contributed by atoms with Gasteiger partial charge in [-0.3, -0.25) is 9.41 Å². The molecule has 5 heteroatoms. The minimum absolute atomic E-state index is 0. The Labute approximate surface area is 110 Å². The molecule has 0 aromatic rings. The monoisotopic (exact) mass is 388 g/mol. The maximum atomic E-state index is 4.18. The van der Waals surface area contributed by atoms with Crippen LogP contribution in [-0.2, 0) is 25.8 Å². The van der Waals surface area contributed by atoms with Crippen LogP contribution in [0.1, 0.15) is 38.5 Å². The van der Waals surface area contributed by atoms with Crippen molar-refractivity contribution in [3.8, 4) is 0 Å². The Morgan fingerprint density at radius 1 is 0.467 bits per heavy atom. The van der Waals surface area contributed by atoms with E-state index in [1.165, 1.54) is 38.5 Å². The van der Waals surface area contributed by atoms with Gasteiger partial charge in [0.1, 0.15) is 0 Å². The molecule has 2 aliphatic heterocycles. The summed E-state index contributed by atoms with van der Waals surface area (Å²) in [6.45, 7) is 4.50. The molecule has 0 atom stereocenters. The Balaban J connectivity index is -0.000000160. The van der Waals surface area contributed by atoms with Gasteiger partial charge in [0.05, 0.1) is 0 Å². The third-order valence-corrected chi connectivity index (χ3v) is 2.26. The molecule has 2 saturated heterocycles. The Morgan fingerprint density at radius 3 is 0.800 bits per heavy atom. The van der Waals surface area contributed by atoms with E-state index in [0.717, 1.165) is 26.2 Å². The van der Waals surface area contributed by atoms with Crippen molar-refractivity contribution in [2.24, 2.45) is 0 Å². The molecular formula is C10H22F2HfN2-2. The molecule has 0 spiro atoms. The summed E-state index contributed by atoms with van der Waals surface area (Å²) in [6.07, 6.45) is 8.15. The van der Waals surface area contributed by atoms with E-state index in [2.05, 4.69) is 10.6 Å². The van der Waals surface area contributed by atoms with Crippen LogP contribution in [0.3, 0.4) is 0 Å². The maximum Gasteiger partial charge on any atom is 0 e. The summed E-state index contributed by atoms with van der Waals surface area (Å²) in [5.41, 5.74) is 0. The largest absolute Gasteiger partial charge is 0.662 e. The molecule has 15 heavy (non-hydrogen) atoms. The minimum Gasteiger partial charge on any atom is -0.662 e. The number of nitrogens with zero attached hydrogens (tertiary/aromatic N) is 2. The summed E-state index contributed by atoms with van der Waals surface area (Å²) in [7, 11) is 0. The van der Waals surface area contributed by atoms with Gasteiger partial charge in [-0.05, 0) is 0 Å². The number of hydrogen-bond acceptors (Lipinski definition) is 0. The van der Waals surface area contributed by atoms with E-state index in [1.807, 2.05) is 0 Å². The smallest absolute Gasteiger partial charge is 0 e. The van der Waals surface area contributed by atoms with Gasteiger partial charge >= 0.3 is 0 Å². The molecule has 2 heterocycles. The Bertz CT molecular complexity index is 64.4. The van der Waals surface area contributed by atoms with E-state index in [4.69, 9.17) is 0 Å². The van der Waals surface area contributed by atoms with Crippen molar-refractivity contribution >= 4 is 0 Å². The molecule has 0 amide bonds. The predicted octanol–water partition coefficient (Wildman–Crippen LogP) is 3.39. The van der Waals surface area contributed by atoms with Gasteiger partial charge < -0.3 is 10.6 Å². The molecule has 92 valence electrons. The van der Waals surface area contributed by atoms with E-state index in [0.29, 0.717) is 0 Å². The van der Waals surface area contributed by atoms with Gasteiger partial charge in [0.2, 0.25) is 0 Å². The topological polar surface area (TPSA) is 28.2 Å². The van der Waals surface area contributed by atoms with Crippen molar-refractivity contribution in [3.05, 3.63) is 10.6 Å². The van der Waals surface area contributed by atoms with Gasteiger partial charge in [-0.15, -0.1) is 26.2 Å². The first kappa shape index (κ1) is 21.0. The fourth-order valence-corrected chi connectivity index (χ4v) is 1.47. The summed E-state index contributed by atoms with van der Waals surface area (Å²) in [5.74, 6) is 0. The average Bonchev–Trinajstić information content (AvgIpc) is 2.24. The van der Waals surface area contributed by atoms with E-state index in [1.54, 1.807) is 0 Å². The maximum absolute atomic E-state index is 4.18. The normalized spacial score (nSPS) is 19.2. The molecule has 0 aliphatic carbocycles. The molecule has 2 aliphatic rings. The molecule has 0 aromatic heterocycles. The van der Waals surface area contributed by atoms with Gasteiger partial charge in [0.15, 0.2) is 0 Å². The molecule has 0 N–H and O–H groups in total. The first-order valence-electron chi connectivity index (χ1n) is 5.26. The van der Waals surface area contributed by atoms with Crippen molar-refractivity contribution in [3.63, 3.8) is 0 Å². The van der Waals surface area contributed by atoms with Crippen LogP contribution in [0.15, 0.2) is 0 Å². The Kier molecular flexibility index (Phi) is 23.9. The van der Waals surface area contributed by atoms with E-state index in [9.17, 15) is 0 Å². The van der Waals surface area contributed by atoms with E-state index in [-0.39, 0.29) is 35.3 Å². The average molecular weight is 387 g/mol. The number of piperidine rings is 2. The fourth-order valence-electron chi connectivity index (χ4n) is 1.47.